The highest BCUT2D eigenvalue weighted by atomic mass is 16.5. The molecule has 2 heterocycles. The van der Waals surface area contributed by atoms with Crippen molar-refractivity contribution < 1.29 is 9.32 Å². The van der Waals surface area contributed by atoms with E-state index in [0.717, 1.165) is 11.4 Å². The standard InChI is InChI=1S/C19H22N6O2/c1-12(26)21-13-6-5-7-14(10-13)22-18-20-9-8-16(24-18)23-17-11-15(27-25-17)19(2,3)4/h5-11H,1-4H3,(H,21,26)(H2,20,22,23,24,25). The molecule has 0 saturated heterocycles. The molecule has 0 radical (unpaired) electrons. The number of carbonyl (C=O) groups excluding carboxylic acids is 1. The lowest BCUT2D eigenvalue weighted by Gasteiger charge is -2.12. The van der Waals surface area contributed by atoms with Gasteiger partial charge in [-0.3, -0.25) is 4.79 Å². The van der Waals surface area contributed by atoms with Crippen LogP contribution in [0.4, 0.5) is 29.0 Å². The van der Waals surface area contributed by atoms with Crippen LogP contribution in [-0.4, -0.2) is 21.0 Å². The first-order chi connectivity index (χ1) is 12.8. The summed E-state index contributed by atoms with van der Waals surface area (Å²) in [5.41, 5.74) is 1.33. The molecule has 0 bridgehead atoms. The minimum Gasteiger partial charge on any atom is -0.359 e. The third kappa shape index (κ3) is 5.04. The molecule has 1 amide bonds. The maximum absolute atomic E-state index is 11.2. The molecule has 8 heteroatoms. The Kier molecular flexibility index (Phi) is 5.07. The molecule has 3 N–H and O–H groups in total. The highest BCUT2D eigenvalue weighted by Gasteiger charge is 2.19. The quantitative estimate of drug-likeness (QED) is 0.621. The second-order valence-corrected chi connectivity index (χ2v) is 7.10. The topological polar surface area (TPSA) is 105 Å². The molecular formula is C19H22N6O2. The third-order valence-corrected chi connectivity index (χ3v) is 3.60. The number of amides is 1. The van der Waals surface area contributed by atoms with Crippen LogP contribution >= 0.6 is 0 Å². The lowest BCUT2D eigenvalue weighted by Crippen LogP contribution is -2.09. The van der Waals surface area contributed by atoms with E-state index in [1.165, 1.54) is 6.92 Å². The van der Waals surface area contributed by atoms with Crippen LogP contribution in [0.3, 0.4) is 0 Å². The van der Waals surface area contributed by atoms with Crippen molar-refractivity contribution in [2.75, 3.05) is 16.0 Å². The van der Waals surface area contributed by atoms with Gasteiger partial charge in [0.15, 0.2) is 5.82 Å². The van der Waals surface area contributed by atoms with Crippen LogP contribution in [0.25, 0.3) is 0 Å². The van der Waals surface area contributed by atoms with Gasteiger partial charge in [-0.05, 0) is 24.3 Å². The average Bonchev–Trinajstić information content (AvgIpc) is 3.04. The molecule has 0 spiro atoms. The van der Waals surface area contributed by atoms with E-state index in [1.807, 2.05) is 24.3 Å². The van der Waals surface area contributed by atoms with E-state index in [1.54, 1.807) is 18.3 Å². The number of nitrogens with zero attached hydrogens (tertiary/aromatic N) is 3. The maximum atomic E-state index is 11.2. The number of rotatable bonds is 5. The van der Waals surface area contributed by atoms with Crippen LogP contribution < -0.4 is 16.0 Å². The summed E-state index contributed by atoms with van der Waals surface area (Å²) >= 11 is 0. The Bertz CT molecular complexity index is 945. The van der Waals surface area contributed by atoms with Crippen LogP contribution in [0, 0.1) is 0 Å². The van der Waals surface area contributed by atoms with Gasteiger partial charge in [0.25, 0.3) is 0 Å². The van der Waals surface area contributed by atoms with Crippen molar-refractivity contribution in [2.24, 2.45) is 0 Å². The zero-order chi connectivity index (χ0) is 19.4. The second kappa shape index (κ2) is 7.45. The molecule has 3 rings (SSSR count). The number of nitrogens with one attached hydrogen (secondary N) is 3. The number of aromatic nitrogens is 3. The fourth-order valence-electron chi connectivity index (χ4n) is 2.31. The number of benzene rings is 1. The summed E-state index contributed by atoms with van der Waals surface area (Å²) in [5, 5.41) is 13.0. The highest BCUT2D eigenvalue weighted by Crippen LogP contribution is 2.26. The van der Waals surface area contributed by atoms with Gasteiger partial charge in [-0.1, -0.05) is 32.0 Å². The normalized spacial score (nSPS) is 11.1. The van der Waals surface area contributed by atoms with E-state index >= 15 is 0 Å². The first kappa shape index (κ1) is 18.4. The minimum absolute atomic E-state index is 0.121. The van der Waals surface area contributed by atoms with Gasteiger partial charge in [0, 0.05) is 36.0 Å². The summed E-state index contributed by atoms with van der Waals surface area (Å²) in [4.78, 5) is 19.8. The number of hydrogen-bond acceptors (Lipinski definition) is 7. The van der Waals surface area contributed by atoms with Gasteiger partial charge >= 0.3 is 0 Å². The predicted molar refractivity (Wildman–Crippen MR) is 105 cm³/mol. The van der Waals surface area contributed by atoms with E-state index in [9.17, 15) is 4.79 Å². The third-order valence-electron chi connectivity index (χ3n) is 3.60. The van der Waals surface area contributed by atoms with E-state index < -0.39 is 0 Å². The summed E-state index contributed by atoms with van der Waals surface area (Å²) in [6.07, 6.45) is 1.64. The van der Waals surface area contributed by atoms with Crippen molar-refractivity contribution in [3.8, 4) is 0 Å². The number of carbonyl (C=O) groups is 1. The Labute approximate surface area is 157 Å². The molecule has 2 aromatic heterocycles. The first-order valence-corrected chi connectivity index (χ1v) is 8.51. The van der Waals surface area contributed by atoms with E-state index in [2.05, 4.69) is 51.8 Å². The van der Waals surface area contributed by atoms with Gasteiger partial charge in [0.2, 0.25) is 11.9 Å². The molecule has 0 saturated carbocycles. The monoisotopic (exact) mass is 366 g/mol. The first-order valence-electron chi connectivity index (χ1n) is 8.51. The Morgan fingerprint density at radius 2 is 1.81 bits per heavy atom. The SMILES string of the molecule is CC(=O)Nc1cccc(Nc2nccc(Nc3cc(C(C)(C)C)on3)n2)c1. The number of anilines is 5. The van der Waals surface area contributed by atoms with Crippen molar-refractivity contribution in [1.82, 2.24) is 15.1 Å². The summed E-state index contributed by atoms with van der Waals surface area (Å²) in [6.45, 7) is 7.63. The molecule has 1 aromatic carbocycles. The van der Waals surface area contributed by atoms with Crippen molar-refractivity contribution in [3.63, 3.8) is 0 Å². The van der Waals surface area contributed by atoms with Gasteiger partial charge < -0.3 is 20.5 Å². The van der Waals surface area contributed by atoms with Crippen LogP contribution in [0.1, 0.15) is 33.5 Å². The largest absolute Gasteiger partial charge is 0.359 e. The second-order valence-electron chi connectivity index (χ2n) is 7.10. The molecule has 0 unspecified atom stereocenters. The smallest absolute Gasteiger partial charge is 0.229 e. The molecular weight excluding hydrogens is 344 g/mol. The van der Waals surface area contributed by atoms with Gasteiger partial charge in [-0.25, -0.2) is 4.98 Å². The zero-order valence-electron chi connectivity index (χ0n) is 15.7. The van der Waals surface area contributed by atoms with Crippen LogP contribution in [-0.2, 0) is 10.2 Å². The molecule has 140 valence electrons. The molecule has 27 heavy (non-hydrogen) atoms. The van der Waals surface area contributed by atoms with Crippen LogP contribution in [0.5, 0.6) is 0 Å². The summed E-state index contributed by atoms with van der Waals surface area (Å²) < 4.78 is 5.37. The summed E-state index contributed by atoms with van der Waals surface area (Å²) in [6, 6.07) is 10.9. The maximum Gasteiger partial charge on any atom is 0.229 e. The van der Waals surface area contributed by atoms with E-state index in [0.29, 0.717) is 23.3 Å². The van der Waals surface area contributed by atoms with Gasteiger partial charge in [0.05, 0.1) is 0 Å². The summed E-state index contributed by atoms with van der Waals surface area (Å²) in [5.74, 6) is 2.24. The van der Waals surface area contributed by atoms with E-state index in [-0.39, 0.29) is 11.3 Å². The van der Waals surface area contributed by atoms with Crippen molar-refractivity contribution in [3.05, 3.63) is 48.4 Å². The van der Waals surface area contributed by atoms with Gasteiger partial charge in [-0.2, -0.15) is 4.98 Å². The Balaban J connectivity index is 1.72. The van der Waals surface area contributed by atoms with E-state index in [4.69, 9.17) is 4.52 Å². The Morgan fingerprint density at radius 1 is 1.04 bits per heavy atom. The number of hydrogen-bond donors (Lipinski definition) is 3. The van der Waals surface area contributed by atoms with Crippen molar-refractivity contribution >= 4 is 34.9 Å². The van der Waals surface area contributed by atoms with Crippen LogP contribution in [0.2, 0.25) is 0 Å². The molecule has 3 aromatic rings. The minimum atomic E-state index is -0.128. The predicted octanol–water partition coefficient (Wildman–Crippen LogP) is 4.21. The fourth-order valence-corrected chi connectivity index (χ4v) is 2.31. The average molecular weight is 366 g/mol. The summed E-state index contributed by atoms with van der Waals surface area (Å²) in [7, 11) is 0. The van der Waals surface area contributed by atoms with Crippen LogP contribution in [0.15, 0.2) is 47.1 Å². The van der Waals surface area contributed by atoms with Gasteiger partial charge in [0.1, 0.15) is 11.6 Å². The lowest BCUT2D eigenvalue weighted by atomic mass is 9.93. The van der Waals surface area contributed by atoms with Crippen molar-refractivity contribution in [2.45, 2.75) is 33.1 Å². The Morgan fingerprint density at radius 3 is 2.52 bits per heavy atom. The van der Waals surface area contributed by atoms with Gasteiger partial charge in [-0.15, -0.1) is 0 Å². The molecule has 8 nitrogen and oxygen atoms in total. The fraction of sp³-hybridized carbons (Fsp3) is 0.263. The van der Waals surface area contributed by atoms with Crippen molar-refractivity contribution in [1.29, 1.82) is 0 Å². The molecule has 0 aliphatic carbocycles. The Hall–Kier alpha value is -3.42. The molecule has 0 aliphatic heterocycles. The molecule has 0 fully saturated rings. The molecule has 0 aliphatic rings. The molecule has 0 atom stereocenters. The lowest BCUT2D eigenvalue weighted by molar-refractivity contribution is -0.114. The zero-order valence-corrected chi connectivity index (χ0v) is 15.7. The highest BCUT2D eigenvalue weighted by molar-refractivity contribution is 5.89.